The van der Waals surface area contributed by atoms with Gasteiger partial charge in [0, 0.05) is 24.6 Å². The Morgan fingerprint density at radius 3 is 1.89 bits per heavy atom. The van der Waals surface area contributed by atoms with Gasteiger partial charge in [0.1, 0.15) is 5.72 Å². The summed E-state index contributed by atoms with van der Waals surface area (Å²) >= 11 is 0. The van der Waals surface area contributed by atoms with Crippen LogP contribution < -0.4 is 5.32 Å². The highest BCUT2D eigenvalue weighted by Gasteiger charge is 2.41. The molecule has 2 atom stereocenters. The minimum Gasteiger partial charge on any atom is -0.359 e. The number of amides is 1. The Morgan fingerprint density at radius 2 is 1.44 bits per heavy atom. The van der Waals surface area contributed by atoms with Gasteiger partial charge in [-0.1, -0.05) is 44.9 Å². The average Bonchev–Trinajstić information content (AvgIpc) is 2.61. The number of methoxy groups -OCH3 is 1. The van der Waals surface area contributed by atoms with Crippen LogP contribution >= 0.6 is 0 Å². The highest BCUT2D eigenvalue weighted by atomic mass is 16.5. The normalized spacial score (nSPS) is 30.7. The standard InChI is InChI=1S/C23H44N2O2/c1-19-17-20(18-22(2,3)25(19)4)21(26)24-23(27-5)15-13-11-9-7-6-8-10-12-14-16-23/h19-20H,6-18H2,1-5H3,(H,24,26). The second-order valence-electron chi connectivity index (χ2n) is 9.78. The molecule has 1 aliphatic heterocycles. The summed E-state index contributed by atoms with van der Waals surface area (Å²) in [6, 6.07) is 0.430. The molecule has 27 heavy (non-hydrogen) atoms. The Morgan fingerprint density at radius 1 is 0.963 bits per heavy atom. The molecule has 0 aromatic rings. The summed E-state index contributed by atoms with van der Waals surface area (Å²) in [4.78, 5) is 15.7. The quantitative estimate of drug-likeness (QED) is 0.679. The van der Waals surface area contributed by atoms with Gasteiger partial charge in [0.25, 0.3) is 0 Å². The topological polar surface area (TPSA) is 41.6 Å². The third kappa shape index (κ3) is 6.45. The molecule has 4 heteroatoms. The number of carbonyl (C=O) groups is 1. The van der Waals surface area contributed by atoms with Gasteiger partial charge >= 0.3 is 0 Å². The summed E-state index contributed by atoms with van der Waals surface area (Å²) in [6.07, 6.45) is 15.3. The fourth-order valence-electron chi connectivity index (χ4n) is 5.09. The van der Waals surface area contributed by atoms with E-state index in [1.54, 1.807) is 7.11 Å². The van der Waals surface area contributed by atoms with Crippen molar-refractivity contribution >= 4 is 5.91 Å². The minimum absolute atomic E-state index is 0.0619. The summed E-state index contributed by atoms with van der Waals surface area (Å²) in [6.45, 7) is 6.75. The summed E-state index contributed by atoms with van der Waals surface area (Å²) in [5.41, 5.74) is -0.403. The van der Waals surface area contributed by atoms with E-state index in [1.165, 1.54) is 44.9 Å². The molecule has 0 bridgehead atoms. The van der Waals surface area contributed by atoms with Crippen molar-refractivity contribution in [1.82, 2.24) is 10.2 Å². The van der Waals surface area contributed by atoms with Gasteiger partial charge in [-0.3, -0.25) is 9.69 Å². The van der Waals surface area contributed by atoms with Crippen LogP contribution in [-0.4, -0.2) is 42.3 Å². The first-order valence-corrected chi connectivity index (χ1v) is 11.4. The van der Waals surface area contributed by atoms with E-state index in [1.807, 2.05) is 0 Å². The van der Waals surface area contributed by atoms with Crippen LogP contribution in [0.3, 0.4) is 0 Å². The molecule has 1 heterocycles. The van der Waals surface area contributed by atoms with Crippen molar-refractivity contribution in [1.29, 1.82) is 0 Å². The molecule has 2 unspecified atom stereocenters. The van der Waals surface area contributed by atoms with E-state index in [2.05, 4.69) is 38.0 Å². The number of ether oxygens (including phenoxy) is 1. The first-order valence-electron chi connectivity index (χ1n) is 11.4. The molecule has 1 aliphatic carbocycles. The van der Waals surface area contributed by atoms with Gasteiger partial charge in [-0.25, -0.2) is 0 Å². The summed E-state index contributed by atoms with van der Waals surface area (Å²) in [7, 11) is 3.97. The maximum absolute atomic E-state index is 13.2. The van der Waals surface area contributed by atoms with E-state index in [0.29, 0.717) is 6.04 Å². The molecule has 2 fully saturated rings. The maximum atomic E-state index is 13.2. The van der Waals surface area contributed by atoms with Gasteiger partial charge < -0.3 is 10.1 Å². The first kappa shape index (κ1) is 22.7. The van der Waals surface area contributed by atoms with E-state index >= 15 is 0 Å². The molecule has 1 saturated carbocycles. The van der Waals surface area contributed by atoms with E-state index in [0.717, 1.165) is 38.5 Å². The second-order valence-corrected chi connectivity index (χ2v) is 9.78. The molecule has 0 radical (unpaired) electrons. The Labute approximate surface area is 167 Å². The lowest BCUT2D eigenvalue weighted by Gasteiger charge is -2.48. The fourth-order valence-corrected chi connectivity index (χ4v) is 5.09. The third-order valence-corrected chi connectivity index (χ3v) is 7.26. The maximum Gasteiger partial charge on any atom is 0.225 e. The molecule has 2 aliphatic rings. The van der Waals surface area contributed by atoms with Crippen LogP contribution in [-0.2, 0) is 9.53 Å². The summed E-state index contributed by atoms with van der Waals surface area (Å²) in [5.74, 6) is 0.288. The smallest absolute Gasteiger partial charge is 0.225 e. The first-order chi connectivity index (χ1) is 12.8. The number of rotatable bonds is 3. The Balaban J connectivity index is 2.03. The van der Waals surface area contributed by atoms with Gasteiger partial charge in [-0.2, -0.15) is 0 Å². The second kappa shape index (κ2) is 10.2. The van der Waals surface area contributed by atoms with Gasteiger partial charge in [0.2, 0.25) is 5.91 Å². The lowest BCUT2D eigenvalue weighted by molar-refractivity contribution is -0.141. The van der Waals surface area contributed by atoms with Crippen molar-refractivity contribution in [3.05, 3.63) is 0 Å². The van der Waals surface area contributed by atoms with Crippen LogP contribution in [0.25, 0.3) is 0 Å². The molecule has 1 amide bonds. The van der Waals surface area contributed by atoms with Crippen molar-refractivity contribution in [3.63, 3.8) is 0 Å². The predicted molar refractivity (Wildman–Crippen MR) is 113 cm³/mol. The molecule has 0 aromatic heterocycles. The number of hydrogen-bond acceptors (Lipinski definition) is 3. The van der Waals surface area contributed by atoms with Crippen molar-refractivity contribution < 1.29 is 9.53 Å². The number of nitrogens with one attached hydrogen (secondary N) is 1. The molecular formula is C23H44N2O2. The lowest BCUT2D eigenvalue weighted by Crippen LogP contribution is -2.57. The van der Waals surface area contributed by atoms with Gasteiger partial charge in [-0.15, -0.1) is 0 Å². The van der Waals surface area contributed by atoms with Crippen molar-refractivity contribution in [2.24, 2.45) is 5.92 Å². The zero-order valence-electron chi connectivity index (χ0n) is 18.6. The Kier molecular flexibility index (Phi) is 8.61. The molecular weight excluding hydrogens is 336 g/mol. The number of piperidine rings is 1. The molecule has 1 N–H and O–H groups in total. The molecule has 158 valence electrons. The lowest BCUT2D eigenvalue weighted by atomic mass is 9.79. The van der Waals surface area contributed by atoms with Gasteiger partial charge in [0.05, 0.1) is 0 Å². The van der Waals surface area contributed by atoms with E-state index < -0.39 is 5.72 Å². The largest absolute Gasteiger partial charge is 0.359 e. The van der Waals surface area contributed by atoms with Crippen LogP contribution in [0.2, 0.25) is 0 Å². The SMILES string of the molecule is COC1(NC(=O)C2CC(C)N(C)C(C)(C)C2)CCCCCCCCCCC1. The summed E-state index contributed by atoms with van der Waals surface area (Å²) in [5, 5.41) is 3.40. The fraction of sp³-hybridized carbons (Fsp3) is 0.957. The monoisotopic (exact) mass is 380 g/mol. The van der Waals surface area contributed by atoms with Crippen molar-refractivity contribution in [2.45, 2.75) is 122 Å². The van der Waals surface area contributed by atoms with Crippen LogP contribution in [0.15, 0.2) is 0 Å². The predicted octanol–water partition coefficient (Wildman–Crippen LogP) is 5.26. The zero-order valence-corrected chi connectivity index (χ0v) is 18.6. The van der Waals surface area contributed by atoms with E-state index in [-0.39, 0.29) is 17.4 Å². The van der Waals surface area contributed by atoms with Crippen LogP contribution in [0.1, 0.15) is 104 Å². The van der Waals surface area contributed by atoms with Crippen LogP contribution in [0.5, 0.6) is 0 Å². The number of carbonyl (C=O) groups excluding carboxylic acids is 1. The van der Waals surface area contributed by atoms with Crippen LogP contribution in [0, 0.1) is 5.92 Å². The zero-order chi connectivity index (χ0) is 19.9. The average molecular weight is 381 g/mol. The Hall–Kier alpha value is -0.610. The molecule has 2 rings (SSSR count). The van der Waals surface area contributed by atoms with E-state index in [4.69, 9.17) is 4.74 Å². The van der Waals surface area contributed by atoms with Gasteiger partial charge in [-0.05, 0) is 66.3 Å². The molecule has 0 spiro atoms. The highest BCUT2D eigenvalue weighted by Crippen LogP contribution is 2.35. The number of hydrogen-bond donors (Lipinski definition) is 1. The molecule has 1 saturated heterocycles. The van der Waals surface area contributed by atoms with Gasteiger partial charge in [0.15, 0.2) is 0 Å². The Bertz CT molecular complexity index is 451. The van der Waals surface area contributed by atoms with Crippen LogP contribution in [0.4, 0.5) is 0 Å². The third-order valence-electron chi connectivity index (χ3n) is 7.26. The number of nitrogens with zero attached hydrogens (tertiary/aromatic N) is 1. The summed E-state index contributed by atoms with van der Waals surface area (Å²) < 4.78 is 6.00. The molecule has 0 aromatic carbocycles. The molecule has 4 nitrogen and oxygen atoms in total. The van der Waals surface area contributed by atoms with Crippen molar-refractivity contribution in [2.75, 3.05) is 14.2 Å². The van der Waals surface area contributed by atoms with Crippen molar-refractivity contribution in [3.8, 4) is 0 Å². The van der Waals surface area contributed by atoms with E-state index in [9.17, 15) is 4.79 Å². The highest BCUT2D eigenvalue weighted by molar-refractivity contribution is 5.79. The minimum atomic E-state index is -0.465. The number of likely N-dealkylation sites (tertiary alicyclic amines) is 1.